The molecule has 0 amide bonds. The highest BCUT2D eigenvalue weighted by Gasteiger charge is 2.70. The average Bonchev–Trinajstić information content (AvgIpc) is 3.40. The molecule has 0 unspecified atom stereocenters. The molecule has 0 aromatic rings. The van der Waals surface area contributed by atoms with Crippen LogP contribution in [0.25, 0.3) is 0 Å². The second-order valence-electron chi connectivity index (χ2n) is 20.3. The monoisotopic (exact) mass is 800 g/mol. The van der Waals surface area contributed by atoms with Gasteiger partial charge in [-0.1, -0.05) is 53.2 Å². The molecule has 0 aromatic carbocycles. The van der Waals surface area contributed by atoms with Crippen LogP contribution in [0.2, 0.25) is 0 Å². The van der Waals surface area contributed by atoms with Gasteiger partial charge in [0, 0.05) is 10.8 Å². The predicted molar refractivity (Wildman–Crippen MR) is 202 cm³/mol. The molecule has 20 atom stereocenters. The Hall–Kier alpha value is -0.820. The quantitative estimate of drug-likeness (QED) is 0.132. The maximum absolute atomic E-state index is 12.3. The van der Waals surface area contributed by atoms with E-state index >= 15 is 0 Å². The van der Waals surface area contributed by atoms with Crippen LogP contribution in [0.4, 0.5) is 0 Å². The van der Waals surface area contributed by atoms with Gasteiger partial charge in [0.1, 0.15) is 48.8 Å². The molecule has 5 fully saturated rings. The van der Waals surface area contributed by atoms with E-state index in [4.69, 9.17) is 18.9 Å². The van der Waals surface area contributed by atoms with E-state index in [-0.39, 0.29) is 45.5 Å². The largest absolute Gasteiger partial charge is 0.394 e. The zero-order valence-electron chi connectivity index (χ0n) is 34.6. The van der Waals surface area contributed by atoms with E-state index in [0.717, 1.165) is 32.1 Å². The number of rotatable bonds is 11. The number of aliphatic hydroxyl groups excluding tert-OH is 9. The number of aliphatic hydroxyl groups is 10. The number of ether oxygens (including phenoxy) is 4. The minimum Gasteiger partial charge on any atom is -0.394 e. The van der Waals surface area contributed by atoms with Gasteiger partial charge < -0.3 is 70.0 Å². The molecule has 56 heavy (non-hydrogen) atoms. The Bertz CT molecular complexity index is 1400. The van der Waals surface area contributed by atoms with Crippen molar-refractivity contribution in [2.45, 2.75) is 192 Å². The smallest absolute Gasteiger partial charge is 0.187 e. The highest BCUT2D eigenvalue weighted by Crippen LogP contribution is 2.75. The van der Waals surface area contributed by atoms with Crippen LogP contribution in [0.3, 0.4) is 0 Å². The van der Waals surface area contributed by atoms with Crippen molar-refractivity contribution in [3.8, 4) is 0 Å². The average molecular weight is 801 g/mol. The third-order valence-corrected chi connectivity index (χ3v) is 16.6. The minimum atomic E-state index is -1.71. The van der Waals surface area contributed by atoms with Crippen LogP contribution in [-0.2, 0) is 18.9 Å². The molecule has 2 aliphatic heterocycles. The molecule has 0 bridgehead atoms. The summed E-state index contributed by atoms with van der Waals surface area (Å²) in [7, 11) is 0. The first-order valence-electron chi connectivity index (χ1n) is 21.0. The van der Waals surface area contributed by atoms with Gasteiger partial charge in [-0.25, -0.2) is 0 Å². The van der Waals surface area contributed by atoms with Gasteiger partial charge in [0.05, 0.1) is 37.1 Å². The number of hydrogen-bond acceptors (Lipinski definition) is 14. The van der Waals surface area contributed by atoms with E-state index in [2.05, 4.69) is 47.6 Å². The Morgan fingerprint density at radius 2 is 1.38 bits per heavy atom. The van der Waals surface area contributed by atoms with Gasteiger partial charge >= 0.3 is 0 Å². The molecule has 2 heterocycles. The first kappa shape index (κ1) is 44.7. The normalized spacial score (nSPS) is 50.3. The molecule has 6 rings (SSSR count). The fourth-order valence-corrected chi connectivity index (χ4v) is 12.6. The molecular weight excluding hydrogens is 728 g/mol. The summed E-state index contributed by atoms with van der Waals surface area (Å²) in [6, 6.07) is 0. The zero-order chi connectivity index (χ0) is 41.5. The molecule has 10 N–H and O–H groups in total. The summed E-state index contributed by atoms with van der Waals surface area (Å²) in [6.07, 6.45) is -8.48. The van der Waals surface area contributed by atoms with Crippen LogP contribution in [0.5, 0.6) is 0 Å². The Kier molecular flexibility index (Phi) is 12.7. The van der Waals surface area contributed by atoms with Crippen molar-refractivity contribution >= 4 is 0 Å². The highest BCUT2D eigenvalue weighted by atomic mass is 16.7. The van der Waals surface area contributed by atoms with Crippen molar-refractivity contribution in [2.75, 3.05) is 13.2 Å². The molecule has 0 spiro atoms. The topological polar surface area (TPSA) is 239 Å². The van der Waals surface area contributed by atoms with E-state index in [1.807, 2.05) is 0 Å². The van der Waals surface area contributed by atoms with Gasteiger partial charge in [-0.2, -0.15) is 0 Å². The molecule has 0 radical (unpaired) electrons. The van der Waals surface area contributed by atoms with Crippen LogP contribution in [0.1, 0.15) is 107 Å². The van der Waals surface area contributed by atoms with E-state index in [9.17, 15) is 51.1 Å². The lowest BCUT2D eigenvalue weighted by atomic mass is 9.38. The van der Waals surface area contributed by atoms with Crippen LogP contribution < -0.4 is 0 Å². The third kappa shape index (κ3) is 7.26. The molecule has 324 valence electrons. The van der Waals surface area contributed by atoms with E-state index in [1.54, 1.807) is 13.8 Å². The van der Waals surface area contributed by atoms with Crippen molar-refractivity contribution in [2.24, 2.45) is 45.3 Å². The summed E-state index contributed by atoms with van der Waals surface area (Å²) in [4.78, 5) is 0. The van der Waals surface area contributed by atoms with Gasteiger partial charge in [0.15, 0.2) is 12.6 Å². The molecule has 2 saturated heterocycles. The number of allylic oxidation sites excluding steroid dienone is 1. The first-order valence-corrected chi connectivity index (χ1v) is 21.0. The summed E-state index contributed by atoms with van der Waals surface area (Å²) < 4.78 is 23.1. The number of fused-ring (bicyclic) bond motifs is 5. The fourth-order valence-electron chi connectivity index (χ4n) is 12.6. The predicted octanol–water partition coefficient (Wildman–Crippen LogP) is 1.12. The molecule has 14 heteroatoms. The Morgan fingerprint density at radius 1 is 0.768 bits per heavy atom. The molecule has 14 nitrogen and oxygen atoms in total. The van der Waals surface area contributed by atoms with Crippen molar-refractivity contribution < 1.29 is 70.0 Å². The molecule has 6 aliphatic rings. The summed E-state index contributed by atoms with van der Waals surface area (Å²) >= 11 is 0. The van der Waals surface area contributed by atoms with Crippen LogP contribution >= 0.6 is 0 Å². The van der Waals surface area contributed by atoms with Crippen LogP contribution in [0, 0.1) is 45.3 Å². The maximum Gasteiger partial charge on any atom is 0.187 e. The summed E-state index contributed by atoms with van der Waals surface area (Å²) in [5.41, 5.74) is -0.848. The van der Waals surface area contributed by atoms with Crippen molar-refractivity contribution in [1.29, 1.82) is 0 Å². The minimum absolute atomic E-state index is 0.0159. The zero-order valence-corrected chi connectivity index (χ0v) is 34.6. The summed E-state index contributed by atoms with van der Waals surface area (Å²) in [5.74, 6) is 1.00. The lowest BCUT2D eigenvalue weighted by Crippen LogP contribution is -2.64. The molecule has 3 saturated carbocycles. The second-order valence-corrected chi connectivity index (χ2v) is 20.3. The summed E-state index contributed by atoms with van der Waals surface area (Å²) in [6.45, 7) is 15.7. The molecule has 4 aliphatic carbocycles. The van der Waals surface area contributed by atoms with Crippen molar-refractivity contribution in [1.82, 2.24) is 0 Å². The van der Waals surface area contributed by atoms with Crippen LogP contribution in [-0.4, -0.2) is 150 Å². The third-order valence-electron chi connectivity index (χ3n) is 16.6. The Morgan fingerprint density at radius 3 is 2.00 bits per heavy atom. The highest BCUT2D eigenvalue weighted by molar-refractivity contribution is 5.31. The molecule has 0 aromatic heterocycles. The lowest BCUT2D eigenvalue weighted by Gasteiger charge is -2.67. The summed E-state index contributed by atoms with van der Waals surface area (Å²) in [5, 5.41) is 107. The van der Waals surface area contributed by atoms with Gasteiger partial charge in [0.25, 0.3) is 0 Å². The van der Waals surface area contributed by atoms with E-state index in [1.165, 1.54) is 5.57 Å². The fraction of sp³-hybridized carbons (Fsp3) is 0.952. The Labute approximate surface area is 331 Å². The van der Waals surface area contributed by atoms with Gasteiger partial charge in [-0.3, -0.25) is 0 Å². The Balaban J connectivity index is 1.13. The molecular formula is C42H72O14. The van der Waals surface area contributed by atoms with Gasteiger partial charge in [-0.15, -0.1) is 0 Å². The number of hydrogen-bond donors (Lipinski definition) is 10. The van der Waals surface area contributed by atoms with Crippen molar-refractivity contribution in [3.63, 3.8) is 0 Å². The van der Waals surface area contributed by atoms with E-state index < -0.39 is 92.4 Å². The standard InChI is InChI=1S/C42H72O14/c1-20(21-15-16-40(6)26-12-10-22-23(11-13-27(44)38(22,2)3)42(26,8)28(45)17-41(21,40)7)9-14-29(39(4,5)52)56-37-35(51)33(49)31(47)25(55-37)19-53-36-34(50)32(48)30(46)24(18-43)54-36/h10,20-21,23-37,43-52H,9,11-19H2,1-8H3/t20-,21-,23-,24-,25-,26+,27+,28-,29-,30-,31-,32+,33+,34-,35-,36-,37+,40+,41-,42+/m1/s1. The second kappa shape index (κ2) is 15.9. The SMILES string of the molecule is C[C@H](CC[C@@H](O[C@@H]1O[C@H](CO[C@@H]2O[C@H](CO)[C@@H](O)[C@H](O)[C@H]2O)[C@@H](O)[C@H](O)[C@H]1O)C(C)(C)O)[C@H]1CC[C@@]2(C)[C@@H]3CC=C4[C@@H](CC[C@H](O)C4(C)C)[C@]3(C)[C@H](O)C[C@]12C. The van der Waals surface area contributed by atoms with Crippen molar-refractivity contribution in [3.05, 3.63) is 11.6 Å². The van der Waals surface area contributed by atoms with Crippen LogP contribution in [0.15, 0.2) is 11.6 Å². The van der Waals surface area contributed by atoms with E-state index in [0.29, 0.717) is 25.2 Å². The maximum atomic E-state index is 12.3. The first-order chi connectivity index (χ1) is 25.9. The van der Waals surface area contributed by atoms with Gasteiger partial charge in [0.2, 0.25) is 0 Å². The van der Waals surface area contributed by atoms with Gasteiger partial charge in [-0.05, 0) is 99.7 Å². The lowest BCUT2D eigenvalue weighted by molar-refractivity contribution is -0.341.